The van der Waals surface area contributed by atoms with Gasteiger partial charge in [-0.15, -0.1) is 0 Å². The van der Waals surface area contributed by atoms with Gasteiger partial charge in [-0.1, -0.05) is 78.9 Å². The van der Waals surface area contributed by atoms with Gasteiger partial charge in [0.1, 0.15) is 4.90 Å². The summed E-state index contributed by atoms with van der Waals surface area (Å²) >= 11 is 0. The highest BCUT2D eigenvalue weighted by Gasteiger charge is 2.34. The van der Waals surface area contributed by atoms with Crippen molar-refractivity contribution < 1.29 is 8.42 Å². The molecule has 2 heterocycles. The van der Waals surface area contributed by atoms with Gasteiger partial charge in [0.05, 0.1) is 5.52 Å². The molecule has 1 aliphatic rings. The van der Waals surface area contributed by atoms with Crippen molar-refractivity contribution in [3.8, 4) is 0 Å². The van der Waals surface area contributed by atoms with Gasteiger partial charge >= 0.3 is 0 Å². The number of aromatic nitrogens is 1. The van der Waals surface area contributed by atoms with Crippen molar-refractivity contribution in [2.24, 2.45) is 0 Å². The van der Waals surface area contributed by atoms with E-state index >= 15 is 0 Å². The molecule has 0 N–H and O–H groups in total. The van der Waals surface area contributed by atoms with E-state index in [4.69, 9.17) is 0 Å². The normalized spacial score (nSPS) is 15.4. The van der Waals surface area contributed by atoms with E-state index < -0.39 is 10.0 Å². The molecule has 0 aliphatic carbocycles. The minimum atomic E-state index is -3.72. The third-order valence-corrected chi connectivity index (χ3v) is 9.38. The maximum absolute atomic E-state index is 14.1. The van der Waals surface area contributed by atoms with Crippen LogP contribution >= 0.6 is 0 Å². The molecular formula is C31H35N3O2S. The average Bonchev–Trinajstić information content (AvgIpc) is 2.94. The summed E-state index contributed by atoms with van der Waals surface area (Å²) in [6.07, 6.45) is 6.24. The van der Waals surface area contributed by atoms with Crippen molar-refractivity contribution >= 4 is 20.9 Å². The number of benzene rings is 3. The van der Waals surface area contributed by atoms with Crippen LogP contribution in [0.3, 0.4) is 0 Å². The summed E-state index contributed by atoms with van der Waals surface area (Å²) in [5.41, 5.74) is 3.07. The molecule has 1 saturated heterocycles. The first kappa shape index (κ1) is 25.6. The lowest BCUT2D eigenvalue weighted by Gasteiger charge is -2.38. The molecule has 1 aliphatic heterocycles. The number of hydrogen-bond donors (Lipinski definition) is 0. The number of fused-ring (bicyclic) bond motifs is 1. The third kappa shape index (κ3) is 6.27. The SMILES string of the molecule is O=S(=O)(c1cccc2cccnc12)N(CCc1ccccc1)C1CCN(CCCc2ccccc2)CC1. The van der Waals surface area contributed by atoms with Gasteiger partial charge in [0.25, 0.3) is 0 Å². The summed E-state index contributed by atoms with van der Waals surface area (Å²) in [5, 5.41) is 0.847. The number of hydrogen-bond acceptors (Lipinski definition) is 4. The van der Waals surface area contributed by atoms with E-state index in [1.807, 2.05) is 42.5 Å². The van der Waals surface area contributed by atoms with Crippen LogP contribution < -0.4 is 0 Å². The van der Waals surface area contributed by atoms with Crippen molar-refractivity contribution in [3.63, 3.8) is 0 Å². The molecule has 6 heteroatoms. The van der Waals surface area contributed by atoms with Crippen LogP contribution in [0.15, 0.2) is 102 Å². The summed E-state index contributed by atoms with van der Waals surface area (Å²) in [6.45, 7) is 3.36. The summed E-state index contributed by atoms with van der Waals surface area (Å²) in [5.74, 6) is 0. The van der Waals surface area contributed by atoms with Gasteiger partial charge in [-0.25, -0.2) is 8.42 Å². The quantitative estimate of drug-likeness (QED) is 0.278. The molecule has 4 aromatic rings. The molecule has 0 radical (unpaired) electrons. The molecule has 5 nitrogen and oxygen atoms in total. The Hall–Kier alpha value is -3.06. The minimum Gasteiger partial charge on any atom is -0.303 e. The van der Waals surface area contributed by atoms with E-state index in [1.165, 1.54) is 5.56 Å². The molecule has 37 heavy (non-hydrogen) atoms. The molecular weight excluding hydrogens is 478 g/mol. The fraction of sp³-hybridized carbons (Fsp3) is 0.323. The first-order valence-corrected chi connectivity index (χ1v) is 14.7. The van der Waals surface area contributed by atoms with Gasteiger partial charge in [0.2, 0.25) is 10.0 Å². The van der Waals surface area contributed by atoms with Crippen LogP contribution in [0.4, 0.5) is 0 Å². The van der Waals surface area contributed by atoms with Crippen molar-refractivity contribution in [1.82, 2.24) is 14.2 Å². The number of likely N-dealkylation sites (tertiary alicyclic amines) is 1. The van der Waals surface area contributed by atoms with Crippen LogP contribution in [-0.4, -0.2) is 54.8 Å². The van der Waals surface area contributed by atoms with E-state index in [0.717, 1.165) is 56.3 Å². The molecule has 0 amide bonds. The summed E-state index contributed by atoms with van der Waals surface area (Å²) in [6, 6.07) is 30.0. The lowest BCUT2D eigenvalue weighted by molar-refractivity contribution is 0.158. The summed E-state index contributed by atoms with van der Waals surface area (Å²) in [4.78, 5) is 7.25. The molecule has 5 rings (SSSR count). The number of sulfonamides is 1. The average molecular weight is 514 g/mol. The van der Waals surface area contributed by atoms with Crippen LogP contribution in [0, 0.1) is 0 Å². The van der Waals surface area contributed by atoms with Gasteiger partial charge in [0.15, 0.2) is 0 Å². The Labute approximate surface area is 220 Å². The van der Waals surface area contributed by atoms with Gasteiger partial charge < -0.3 is 4.90 Å². The summed E-state index contributed by atoms with van der Waals surface area (Å²) < 4.78 is 30.1. The van der Waals surface area contributed by atoms with Crippen LogP contribution in [0.5, 0.6) is 0 Å². The number of piperidine rings is 1. The maximum Gasteiger partial charge on any atom is 0.245 e. The lowest BCUT2D eigenvalue weighted by atomic mass is 10.0. The monoisotopic (exact) mass is 513 g/mol. The molecule has 192 valence electrons. The van der Waals surface area contributed by atoms with Crippen LogP contribution in [0.2, 0.25) is 0 Å². The standard InChI is InChI=1S/C31H35N3O2S/c35-37(36,30-17-7-15-28-16-8-21-32-31(28)30)34(25-18-27-12-5-2-6-13-27)29-19-23-33(24-20-29)22-9-14-26-10-3-1-4-11-26/h1-8,10-13,15-17,21,29H,9,14,18-20,22-25H2. The molecule has 0 bridgehead atoms. The summed E-state index contributed by atoms with van der Waals surface area (Å²) in [7, 11) is -3.72. The lowest BCUT2D eigenvalue weighted by Crippen LogP contribution is -2.48. The number of rotatable bonds is 10. The highest BCUT2D eigenvalue weighted by Crippen LogP contribution is 2.29. The second kappa shape index (κ2) is 12.0. The molecule has 3 aromatic carbocycles. The molecule has 0 spiro atoms. The highest BCUT2D eigenvalue weighted by molar-refractivity contribution is 7.89. The Morgan fingerprint density at radius 2 is 1.43 bits per heavy atom. The predicted octanol–water partition coefficient (Wildman–Crippen LogP) is 5.57. The molecule has 1 aromatic heterocycles. The number of nitrogens with zero attached hydrogens (tertiary/aromatic N) is 3. The largest absolute Gasteiger partial charge is 0.303 e. The van der Waals surface area contributed by atoms with E-state index in [9.17, 15) is 8.42 Å². The van der Waals surface area contributed by atoms with Gasteiger partial charge in [-0.3, -0.25) is 4.98 Å². The Bertz CT molecular complexity index is 1380. The fourth-order valence-electron chi connectivity index (χ4n) is 5.38. The molecule has 1 fully saturated rings. The second-order valence-corrected chi connectivity index (χ2v) is 11.7. The van der Waals surface area contributed by atoms with E-state index in [1.54, 1.807) is 16.6 Å². The Morgan fingerprint density at radius 3 is 2.14 bits per heavy atom. The second-order valence-electron chi connectivity index (χ2n) is 9.84. The van der Waals surface area contributed by atoms with Crippen LogP contribution in [-0.2, 0) is 22.9 Å². The topological polar surface area (TPSA) is 53.5 Å². The van der Waals surface area contributed by atoms with Crippen molar-refractivity contribution in [2.75, 3.05) is 26.2 Å². The van der Waals surface area contributed by atoms with E-state index in [2.05, 4.69) is 52.3 Å². The maximum atomic E-state index is 14.1. The van der Waals surface area contributed by atoms with Gasteiger partial charge in [0, 0.05) is 24.2 Å². The van der Waals surface area contributed by atoms with Crippen LogP contribution in [0.1, 0.15) is 30.4 Å². The van der Waals surface area contributed by atoms with Crippen LogP contribution in [0.25, 0.3) is 10.9 Å². The van der Waals surface area contributed by atoms with E-state index in [0.29, 0.717) is 23.4 Å². The first-order chi connectivity index (χ1) is 18.1. The fourth-order valence-corrected chi connectivity index (χ4v) is 7.23. The zero-order chi connectivity index (χ0) is 25.5. The molecule has 0 atom stereocenters. The Balaban J connectivity index is 1.31. The van der Waals surface area contributed by atoms with Gasteiger partial charge in [-0.05, 0) is 75.0 Å². The zero-order valence-electron chi connectivity index (χ0n) is 21.2. The zero-order valence-corrected chi connectivity index (χ0v) is 22.1. The van der Waals surface area contributed by atoms with Gasteiger partial charge in [-0.2, -0.15) is 4.31 Å². The first-order valence-electron chi connectivity index (χ1n) is 13.3. The number of pyridine rings is 1. The molecule has 0 unspecified atom stereocenters. The number of para-hydroxylation sites is 1. The number of aryl methyl sites for hydroxylation is 1. The smallest absolute Gasteiger partial charge is 0.245 e. The van der Waals surface area contributed by atoms with E-state index in [-0.39, 0.29) is 6.04 Å². The highest BCUT2D eigenvalue weighted by atomic mass is 32.2. The van der Waals surface area contributed by atoms with Crippen molar-refractivity contribution in [2.45, 2.75) is 43.0 Å². The predicted molar refractivity (Wildman–Crippen MR) is 150 cm³/mol. The Morgan fingerprint density at radius 1 is 0.784 bits per heavy atom. The minimum absolute atomic E-state index is 0.0157. The molecule has 0 saturated carbocycles. The third-order valence-electron chi connectivity index (χ3n) is 7.39. The van der Waals surface area contributed by atoms with Crippen molar-refractivity contribution in [3.05, 3.63) is 108 Å². The van der Waals surface area contributed by atoms with Crippen molar-refractivity contribution in [1.29, 1.82) is 0 Å². The Kier molecular flexibility index (Phi) is 8.29.